The van der Waals surface area contributed by atoms with Gasteiger partial charge in [0.25, 0.3) is 0 Å². The molecule has 0 saturated heterocycles. The van der Waals surface area contributed by atoms with Crippen molar-refractivity contribution in [2.24, 2.45) is 0 Å². The molecule has 0 spiro atoms. The average Bonchev–Trinajstić information content (AvgIpc) is 2.19. The quantitative estimate of drug-likeness (QED) is 0.720. The van der Waals surface area contributed by atoms with E-state index in [-0.39, 0.29) is 0 Å². The molecule has 1 N–H and O–H groups in total. The zero-order valence-electron chi connectivity index (χ0n) is 8.97. The predicted molar refractivity (Wildman–Crippen MR) is 57.2 cm³/mol. The first-order valence-corrected chi connectivity index (χ1v) is 6.25. The minimum atomic E-state index is -0.537. The topological polar surface area (TPSA) is 12.0 Å². The smallest absolute Gasteiger partial charge is 0.102 e. The number of alkyl halides is 1. The van der Waals surface area contributed by atoms with E-state index in [0.717, 1.165) is 19.3 Å². The van der Waals surface area contributed by atoms with E-state index < -0.39 is 6.17 Å². The lowest BCUT2D eigenvalue weighted by molar-refractivity contribution is 0.196. The summed E-state index contributed by atoms with van der Waals surface area (Å²) in [6.45, 7) is 0. The van der Waals surface area contributed by atoms with Crippen LogP contribution in [0.1, 0.15) is 57.8 Å². The van der Waals surface area contributed by atoms with Gasteiger partial charge in [-0.3, -0.25) is 0 Å². The van der Waals surface area contributed by atoms with Crippen molar-refractivity contribution in [2.75, 3.05) is 0 Å². The summed E-state index contributed by atoms with van der Waals surface area (Å²) < 4.78 is 13.1. The Balaban J connectivity index is 1.72. The lowest BCUT2D eigenvalue weighted by atomic mass is 9.90. The summed E-state index contributed by atoms with van der Waals surface area (Å²) in [7, 11) is 0. The molecule has 14 heavy (non-hydrogen) atoms. The molecule has 0 heterocycles. The molecule has 2 fully saturated rings. The third kappa shape index (κ3) is 2.94. The van der Waals surface area contributed by atoms with Gasteiger partial charge < -0.3 is 5.32 Å². The maximum absolute atomic E-state index is 13.1. The molecule has 0 aromatic carbocycles. The van der Waals surface area contributed by atoms with Crippen LogP contribution in [0.15, 0.2) is 0 Å². The molecule has 2 heteroatoms. The lowest BCUT2D eigenvalue weighted by Gasteiger charge is -2.31. The van der Waals surface area contributed by atoms with Gasteiger partial charge in [-0.25, -0.2) is 4.39 Å². The fourth-order valence-corrected chi connectivity index (χ4v) is 2.88. The number of nitrogens with one attached hydrogen (secondary N) is 1. The van der Waals surface area contributed by atoms with Gasteiger partial charge in [0, 0.05) is 12.1 Å². The normalized spacial score (nSPS) is 35.8. The average molecular weight is 199 g/mol. The largest absolute Gasteiger partial charge is 0.311 e. The van der Waals surface area contributed by atoms with Crippen LogP contribution in [0.4, 0.5) is 4.39 Å². The van der Waals surface area contributed by atoms with Crippen LogP contribution in [0.3, 0.4) is 0 Å². The van der Waals surface area contributed by atoms with Crippen molar-refractivity contribution in [3.8, 4) is 0 Å². The van der Waals surface area contributed by atoms with Gasteiger partial charge >= 0.3 is 0 Å². The zero-order chi connectivity index (χ0) is 9.80. The fraction of sp³-hybridized carbons (Fsp3) is 1.00. The monoisotopic (exact) mass is 199 g/mol. The molecule has 82 valence electrons. The Bertz CT molecular complexity index is 166. The minimum absolute atomic E-state index is 0.474. The molecular formula is C12H22FN. The van der Waals surface area contributed by atoms with Crippen LogP contribution in [0.5, 0.6) is 0 Å². The summed E-state index contributed by atoms with van der Waals surface area (Å²) in [5, 5.41) is 3.65. The highest BCUT2D eigenvalue weighted by atomic mass is 19.1. The van der Waals surface area contributed by atoms with E-state index in [9.17, 15) is 4.39 Å². The maximum atomic E-state index is 13.1. The number of rotatable bonds is 2. The second kappa shape index (κ2) is 5.11. The summed E-state index contributed by atoms with van der Waals surface area (Å²) in [5.74, 6) is 0. The van der Waals surface area contributed by atoms with E-state index >= 15 is 0 Å². The Morgan fingerprint density at radius 3 is 2.21 bits per heavy atom. The van der Waals surface area contributed by atoms with Gasteiger partial charge in [0.1, 0.15) is 6.17 Å². The van der Waals surface area contributed by atoms with Crippen LogP contribution in [-0.2, 0) is 0 Å². The molecule has 0 aromatic heterocycles. The Morgan fingerprint density at radius 1 is 0.786 bits per heavy atom. The summed E-state index contributed by atoms with van der Waals surface area (Å²) in [6, 6.07) is 1.17. The molecule has 1 unspecified atom stereocenters. The highest BCUT2D eigenvalue weighted by molar-refractivity contribution is 4.82. The van der Waals surface area contributed by atoms with Crippen molar-refractivity contribution in [3.05, 3.63) is 0 Å². The van der Waals surface area contributed by atoms with Gasteiger partial charge in [-0.15, -0.1) is 0 Å². The SMILES string of the molecule is F[C@@H]1CCCC(NC2CCCCC2)C1. The summed E-state index contributed by atoms with van der Waals surface area (Å²) in [4.78, 5) is 0. The molecule has 2 atom stereocenters. The van der Waals surface area contributed by atoms with E-state index in [0.29, 0.717) is 12.1 Å². The van der Waals surface area contributed by atoms with Crippen molar-refractivity contribution in [1.82, 2.24) is 5.32 Å². The third-order valence-corrected chi connectivity index (χ3v) is 3.69. The highest BCUT2D eigenvalue weighted by Crippen LogP contribution is 2.24. The molecular weight excluding hydrogens is 177 g/mol. The standard InChI is InChI=1S/C12H22FN/c13-10-5-4-8-12(9-10)14-11-6-2-1-3-7-11/h10-12,14H,1-9H2/t10-,12?/m1/s1. The van der Waals surface area contributed by atoms with E-state index in [4.69, 9.17) is 0 Å². The zero-order valence-corrected chi connectivity index (χ0v) is 8.97. The van der Waals surface area contributed by atoms with Crippen LogP contribution < -0.4 is 5.32 Å². The van der Waals surface area contributed by atoms with Gasteiger partial charge in [0.2, 0.25) is 0 Å². The van der Waals surface area contributed by atoms with E-state index in [1.54, 1.807) is 0 Å². The van der Waals surface area contributed by atoms with Crippen molar-refractivity contribution >= 4 is 0 Å². The molecule has 1 nitrogen and oxygen atoms in total. The number of hydrogen-bond acceptors (Lipinski definition) is 1. The van der Waals surface area contributed by atoms with Crippen LogP contribution in [0, 0.1) is 0 Å². The van der Waals surface area contributed by atoms with Crippen molar-refractivity contribution in [3.63, 3.8) is 0 Å². The van der Waals surface area contributed by atoms with Gasteiger partial charge in [-0.1, -0.05) is 19.3 Å². The van der Waals surface area contributed by atoms with Gasteiger partial charge in [0.15, 0.2) is 0 Å². The molecule has 2 rings (SSSR count). The number of hydrogen-bond donors (Lipinski definition) is 1. The fourth-order valence-electron chi connectivity index (χ4n) is 2.88. The molecule has 0 aromatic rings. The first-order chi connectivity index (χ1) is 6.84. The second-order valence-electron chi connectivity index (χ2n) is 4.96. The van der Waals surface area contributed by atoms with Gasteiger partial charge in [-0.2, -0.15) is 0 Å². The molecule has 0 aliphatic heterocycles. The summed E-state index contributed by atoms with van der Waals surface area (Å²) in [5.41, 5.74) is 0. The minimum Gasteiger partial charge on any atom is -0.311 e. The highest BCUT2D eigenvalue weighted by Gasteiger charge is 2.24. The van der Waals surface area contributed by atoms with E-state index in [2.05, 4.69) is 5.32 Å². The number of halogens is 1. The van der Waals surface area contributed by atoms with Gasteiger partial charge in [0.05, 0.1) is 0 Å². The Hall–Kier alpha value is -0.110. The lowest BCUT2D eigenvalue weighted by Crippen LogP contribution is -2.42. The molecule has 0 amide bonds. The predicted octanol–water partition coefficient (Wildman–Crippen LogP) is 3.19. The van der Waals surface area contributed by atoms with Gasteiger partial charge in [-0.05, 0) is 38.5 Å². The summed E-state index contributed by atoms with van der Waals surface area (Å²) in [6.07, 6.45) is 10.0. The maximum Gasteiger partial charge on any atom is 0.102 e. The summed E-state index contributed by atoms with van der Waals surface area (Å²) >= 11 is 0. The molecule has 0 bridgehead atoms. The third-order valence-electron chi connectivity index (χ3n) is 3.69. The van der Waals surface area contributed by atoms with Crippen LogP contribution in [-0.4, -0.2) is 18.3 Å². The Morgan fingerprint density at radius 2 is 1.50 bits per heavy atom. The van der Waals surface area contributed by atoms with Crippen LogP contribution >= 0.6 is 0 Å². The van der Waals surface area contributed by atoms with E-state index in [1.807, 2.05) is 0 Å². The molecule has 2 aliphatic rings. The Kier molecular flexibility index (Phi) is 3.80. The van der Waals surface area contributed by atoms with Crippen molar-refractivity contribution in [1.29, 1.82) is 0 Å². The van der Waals surface area contributed by atoms with Crippen molar-refractivity contribution in [2.45, 2.75) is 76.0 Å². The first-order valence-electron chi connectivity index (χ1n) is 6.25. The van der Waals surface area contributed by atoms with E-state index in [1.165, 1.54) is 38.5 Å². The Labute approximate surface area is 86.5 Å². The second-order valence-corrected chi connectivity index (χ2v) is 4.96. The molecule has 2 saturated carbocycles. The molecule has 0 radical (unpaired) electrons. The van der Waals surface area contributed by atoms with Crippen LogP contribution in [0.25, 0.3) is 0 Å². The first kappa shape index (κ1) is 10.4. The van der Waals surface area contributed by atoms with Crippen molar-refractivity contribution < 1.29 is 4.39 Å². The molecule has 2 aliphatic carbocycles. The van der Waals surface area contributed by atoms with Crippen LogP contribution in [0.2, 0.25) is 0 Å².